The maximum atomic E-state index is 12.6. The minimum absolute atomic E-state index is 0.242. The summed E-state index contributed by atoms with van der Waals surface area (Å²) in [5.74, 6) is -0.453. The molecule has 1 aliphatic rings. The van der Waals surface area contributed by atoms with Gasteiger partial charge in [-0.05, 0) is 43.8 Å². The minimum Gasteiger partial charge on any atom is -0.483 e. The average Bonchev–Trinajstić information content (AvgIpc) is 2.83. The van der Waals surface area contributed by atoms with E-state index >= 15 is 0 Å². The molecule has 0 radical (unpaired) electrons. The molecule has 1 heterocycles. The lowest BCUT2D eigenvalue weighted by Crippen LogP contribution is -2.45. The van der Waals surface area contributed by atoms with Gasteiger partial charge in [-0.25, -0.2) is 10.2 Å². The molecule has 0 saturated heterocycles. The highest BCUT2D eigenvalue weighted by molar-refractivity contribution is 7.80. The van der Waals surface area contributed by atoms with E-state index in [4.69, 9.17) is 21.7 Å². The zero-order valence-corrected chi connectivity index (χ0v) is 19.7. The molecule has 2 aromatic rings. The topological polar surface area (TPSA) is 101 Å². The Hall–Kier alpha value is -3.98. The number of hydrazone groups is 1. The summed E-state index contributed by atoms with van der Waals surface area (Å²) in [5.41, 5.74) is 5.08. The number of para-hydroxylation sites is 1. The Kier molecular flexibility index (Phi) is 8.93. The lowest BCUT2D eigenvalue weighted by molar-refractivity contribution is -0.139. The molecule has 3 rings (SSSR count). The van der Waals surface area contributed by atoms with E-state index in [0.29, 0.717) is 27.7 Å². The Morgan fingerprint density at radius 3 is 2.65 bits per heavy atom. The lowest BCUT2D eigenvalue weighted by Gasteiger charge is -2.30. The molecular formula is C25H26N4O4S. The molecule has 8 nitrogen and oxygen atoms in total. The number of amides is 1. The second-order valence-corrected chi connectivity index (χ2v) is 7.61. The third kappa shape index (κ3) is 6.76. The van der Waals surface area contributed by atoms with Crippen LogP contribution in [0.1, 0.15) is 31.0 Å². The fourth-order valence-corrected chi connectivity index (χ4v) is 3.57. The van der Waals surface area contributed by atoms with Crippen LogP contribution in [0.2, 0.25) is 0 Å². The van der Waals surface area contributed by atoms with Gasteiger partial charge >= 0.3 is 5.97 Å². The third-order valence-electron chi connectivity index (χ3n) is 4.79. The Balaban J connectivity index is 1.65. The maximum Gasteiger partial charge on any atom is 0.338 e. The summed E-state index contributed by atoms with van der Waals surface area (Å²) in [5, 5.41) is 10.3. The van der Waals surface area contributed by atoms with Crippen LogP contribution in [-0.4, -0.2) is 36.4 Å². The summed E-state index contributed by atoms with van der Waals surface area (Å²) in [6.07, 6.45) is 5.08. The summed E-state index contributed by atoms with van der Waals surface area (Å²) in [7, 11) is 0. The van der Waals surface area contributed by atoms with Crippen LogP contribution < -0.4 is 20.8 Å². The molecule has 0 spiro atoms. The highest BCUT2D eigenvalue weighted by Crippen LogP contribution is 2.33. The van der Waals surface area contributed by atoms with Crippen molar-refractivity contribution in [1.82, 2.24) is 16.1 Å². The van der Waals surface area contributed by atoms with Gasteiger partial charge in [-0.3, -0.25) is 4.79 Å². The van der Waals surface area contributed by atoms with Gasteiger partial charge in [0, 0.05) is 17.5 Å². The number of nitrogens with one attached hydrogen (secondary N) is 3. The normalized spacial score (nSPS) is 15.7. The Morgan fingerprint density at radius 2 is 1.88 bits per heavy atom. The van der Waals surface area contributed by atoms with Crippen molar-refractivity contribution in [2.45, 2.75) is 19.9 Å². The first-order valence-electron chi connectivity index (χ1n) is 10.7. The molecule has 1 aliphatic heterocycles. The molecule has 3 N–H and O–H groups in total. The van der Waals surface area contributed by atoms with Crippen molar-refractivity contribution in [3.8, 4) is 5.75 Å². The fraction of sp³-hybridized carbons (Fsp3) is 0.200. The van der Waals surface area contributed by atoms with Crippen molar-refractivity contribution in [3.05, 3.63) is 83.1 Å². The fourth-order valence-electron chi connectivity index (χ4n) is 3.30. The van der Waals surface area contributed by atoms with Crippen molar-refractivity contribution in [1.29, 1.82) is 0 Å². The number of hydrogen-bond acceptors (Lipinski definition) is 6. The molecule has 34 heavy (non-hydrogen) atoms. The van der Waals surface area contributed by atoms with Crippen molar-refractivity contribution in [2.75, 3.05) is 13.2 Å². The van der Waals surface area contributed by atoms with Crippen LogP contribution in [0.3, 0.4) is 0 Å². The Morgan fingerprint density at radius 1 is 1.15 bits per heavy atom. The number of allylic oxidation sites excluding steroid dienone is 2. The second kappa shape index (κ2) is 12.3. The van der Waals surface area contributed by atoms with Crippen LogP contribution in [0.25, 0.3) is 6.08 Å². The zero-order valence-electron chi connectivity index (χ0n) is 18.9. The van der Waals surface area contributed by atoms with Crippen molar-refractivity contribution < 1.29 is 19.1 Å². The number of hydrogen-bond donors (Lipinski definition) is 3. The lowest BCUT2D eigenvalue weighted by atomic mass is 9.95. The summed E-state index contributed by atoms with van der Waals surface area (Å²) in [6.45, 7) is 3.48. The van der Waals surface area contributed by atoms with E-state index < -0.39 is 17.9 Å². The van der Waals surface area contributed by atoms with E-state index in [-0.39, 0.29) is 13.2 Å². The van der Waals surface area contributed by atoms with Gasteiger partial charge in [0.15, 0.2) is 11.7 Å². The quantitative estimate of drug-likeness (QED) is 0.220. The number of nitrogens with zero attached hydrogens (tertiary/aromatic N) is 1. The molecule has 176 valence electrons. The highest BCUT2D eigenvalue weighted by atomic mass is 32.1. The van der Waals surface area contributed by atoms with Gasteiger partial charge in [0.25, 0.3) is 5.91 Å². The molecule has 1 atom stereocenters. The van der Waals surface area contributed by atoms with Gasteiger partial charge in [0.05, 0.1) is 18.2 Å². The van der Waals surface area contributed by atoms with Crippen LogP contribution in [0.5, 0.6) is 5.75 Å². The van der Waals surface area contributed by atoms with Crippen LogP contribution in [0.15, 0.2) is 77.0 Å². The molecule has 0 bridgehead atoms. The van der Waals surface area contributed by atoms with Crippen molar-refractivity contribution in [3.63, 3.8) is 0 Å². The summed E-state index contributed by atoms with van der Waals surface area (Å²) >= 11 is 5.28. The van der Waals surface area contributed by atoms with Gasteiger partial charge in [-0.1, -0.05) is 54.6 Å². The molecule has 0 aromatic heterocycles. The van der Waals surface area contributed by atoms with Gasteiger partial charge in [-0.15, -0.1) is 0 Å². The van der Waals surface area contributed by atoms with E-state index in [9.17, 15) is 9.59 Å². The number of carbonyl (C=O) groups is 2. The molecule has 0 aliphatic carbocycles. The van der Waals surface area contributed by atoms with E-state index in [1.54, 1.807) is 38.1 Å². The second-order valence-electron chi connectivity index (χ2n) is 7.20. The summed E-state index contributed by atoms with van der Waals surface area (Å²) in [6, 6.07) is 16.3. The molecule has 0 unspecified atom stereocenters. The summed E-state index contributed by atoms with van der Waals surface area (Å²) < 4.78 is 11.0. The number of esters is 1. The zero-order chi connectivity index (χ0) is 24.3. The van der Waals surface area contributed by atoms with Crippen LogP contribution in [0, 0.1) is 0 Å². The van der Waals surface area contributed by atoms with Gasteiger partial charge in [-0.2, -0.15) is 5.10 Å². The van der Waals surface area contributed by atoms with Crippen molar-refractivity contribution >= 4 is 41.5 Å². The maximum absolute atomic E-state index is 12.6. The first-order valence-corrected chi connectivity index (χ1v) is 11.1. The van der Waals surface area contributed by atoms with E-state index in [0.717, 1.165) is 5.56 Å². The molecule has 2 aromatic carbocycles. The molecule has 0 saturated carbocycles. The Labute approximate surface area is 203 Å². The predicted molar refractivity (Wildman–Crippen MR) is 135 cm³/mol. The van der Waals surface area contributed by atoms with E-state index in [1.807, 2.05) is 42.5 Å². The van der Waals surface area contributed by atoms with E-state index in [1.165, 1.54) is 6.21 Å². The van der Waals surface area contributed by atoms with Crippen LogP contribution >= 0.6 is 12.2 Å². The molecule has 1 amide bonds. The number of benzene rings is 2. The van der Waals surface area contributed by atoms with Gasteiger partial charge in [0.2, 0.25) is 0 Å². The monoisotopic (exact) mass is 478 g/mol. The molecule has 0 fully saturated rings. The average molecular weight is 479 g/mol. The van der Waals surface area contributed by atoms with Crippen LogP contribution in [0.4, 0.5) is 0 Å². The summed E-state index contributed by atoms with van der Waals surface area (Å²) in [4.78, 5) is 24.8. The molecular weight excluding hydrogens is 452 g/mol. The Bertz CT molecular complexity index is 1130. The number of ether oxygens (including phenoxy) is 2. The SMILES string of the molecule is CCOC(=O)C1=C(C)NC(=S)N[C@@H]1c1ccccc1OCC(=O)NN=C/C=C/c1ccccc1. The predicted octanol–water partition coefficient (Wildman–Crippen LogP) is 3.24. The first kappa shape index (κ1) is 24.7. The number of carbonyl (C=O) groups excluding carboxylic acids is 2. The van der Waals surface area contributed by atoms with Crippen molar-refractivity contribution in [2.24, 2.45) is 5.10 Å². The largest absolute Gasteiger partial charge is 0.483 e. The van der Waals surface area contributed by atoms with Crippen LogP contribution in [-0.2, 0) is 14.3 Å². The van der Waals surface area contributed by atoms with Gasteiger partial charge in [0.1, 0.15) is 5.75 Å². The number of thiocarbonyl (C=S) groups is 1. The highest BCUT2D eigenvalue weighted by Gasteiger charge is 2.32. The third-order valence-corrected chi connectivity index (χ3v) is 5.01. The van der Waals surface area contributed by atoms with E-state index in [2.05, 4.69) is 21.2 Å². The smallest absolute Gasteiger partial charge is 0.338 e. The standard InChI is InChI=1S/C25H26N4O4S/c1-3-32-24(31)22-17(2)27-25(34)28-23(22)19-13-7-8-14-20(19)33-16-21(30)29-26-15-9-12-18-10-5-4-6-11-18/h4-15,23H,3,16H2,1-2H3,(H,29,30)(H2,27,28,34)/b12-9+,26-15?/t23-/m1/s1. The first-order chi connectivity index (χ1) is 16.5. The molecule has 9 heteroatoms. The minimum atomic E-state index is -0.590. The number of rotatable bonds is 9. The van der Waals surface area contributed by atoms with Gasteiger partial charge < -0.3 is 20.1 Å².